The lowest BCUT2D eigenvalue weighted by atomic mass is 10.0. The quantitative estimate of drug-likeness (QED) is 0.478. The summed E-state index contributed by atoms with van der Waals surface area (Å²) in [6.45, 7) is 3.83. The van der Waals surface area contributed by atoms with Gasteiger partial charge < -0.3 is 5.11 Å². The molecule has 0 aliphatic rings. The van der Waals surface area contributed by atoms with E-state index >= 15 is 0 Å². The molecule has 0 bridgehead atoms. The van der Waals surface area contributed by atoms with Crippen molar-refractivity contribution in [3.8, 4) is 0 Å². The Morgan fingerprint density at radius 2 is 1.47 bits per heavy atom. The Labute approximate surface area is 113 Å². The topological polar surface area (TPSA) is 40.1 Å². The van der Waals surface area contributed by atoms with Crippen LogP contribution < -0.4 is 5.11 Å². The molecule has 0 aromatic heterocycles. The second-order valence-corrected chi connectivity index (χ2v) is 4.61. The van der Waals surface area contributed by atoms with E-state index in [0.29, 0.717) is 11.1 Å². The maximum absolute atomic E-state index is 12.0. The molecular formula is C17H15O2-. The molecule has 2 heteroatoms. The molecule has 0 amide bonds. The van der Waals surface area contributed by atoms with Crippen molar-refractivity contribution in [2.24, 2.45) is 0 Å². The Bertz CT molecular complexity index is 639. The molecule has 0 radical (unpaired) electrons. The van der Waals surface area contributed by atoms with E-state index in [1.165, 1.54) is 0 Å². The molecule has 19 heavy (non-hydrogen) atoms. The van der Waals surface area contributed by atoms with Gasteiger partial charge in [-0.1, -0.05) is 59.4 Å². The second-order valence-electron chi connectivity index (χ2n) is 4.61. The number of rotatable bonds is 3. The van der Waals surface area contributed by atoms with Gasteiger partial charge in [-0.2, -0.15) is 0 Å². The fourth-order valence-corrected chi connectivity index (χ4v) is 1.88. The van der Waals surface area contributed by atoms with Gasteiger partial charge in [0.05, 0.1) is 0 Å². The maximum atomic E-state index is 12.0. The van der Waals surface area contributed by atoms with Crippen molar-refractivity contribution < 1.29 is 9.90 Å². The van der Waals surface area contributed by atoms with E-state index in [0.717, 1.165) is 17.2 Å². The summed E-state index contributed by atoms with van der Waals surface area (Å²) >= 11 is 0. The zero-order valence-corrected chi connectivity index (χ0v) is 11.0. The van der Waals surface area contributed by atoms with E-state index in [1.54, 1.807) is 24.3 Å². The van der Waals surface area contributed by atoms with Crippen molar-refractivity contribution in [2.75, 3.05) is 0 Å². The maximum Gasteiger partial charge on any atom is 0.185 e. The summed E-state index contributed by atoms with van der Waals surface area (Å²) < 4.78 is 0. The van der Waals surface area contributed by atoms with Crippen molar-refractivity contribution in [2.45, 2.75) is 13.8 Å². The Morgan fingerprint density at radius 3 is 2.05 bits per heavy atom. The second kappa shape index (κ2) is 5.53. The monoisotopic (exact) mass is 251 g/mol. The first kappa shape index (κ1) is 13.1. The highest BCUT2D eigenvalue weighted by Gasteiger charge is 2.02. The van der Waals surface area contributed by atoms with Crippen molar-refractivity contribution in [1.29, 1.82) is 0 Å². The van der Waals surface area contributed by atoms with Crippen LogP contribution in [0, 0.1) is 13.8 Å². The molecule has 0 spiro atoms. The van der Waals surface area contributed by atoms with Gasteiger partial charge >= 0.3 is 0 Å². The Balaban J connectivity index is 2.28. The van der Waals surface area contributed by atoms with Crippen LogP contribution in [-0.4, -0.2) is 5.78 Å². The highest BCUT2D eigenvalue weighted by Crippen LogP contribution is 2.13. The number of aryl methyl sites for hydroxylation is 2. The van der Waals surface area contributed by atoms with Gasteiger partial charge in [0.2, 0.25) is 0 Å². The number of carbonyl (C=O) groups excluding carboxylic acids is 1. The van der Waals surface area contributed by atoms with E-state index in [-0.39, 0.29) is 11.5 Å². The minimum Gasteiger partial charge on any atom is -0.872 e. The Kier molecular flexibility index (Phi) is 3.81. The minimum absolute atomic E-state index is 0.254. The van der Waals surface area contributed by atoms with E-state index in [9.17, 15) is 9.90 Å². The summed E-state index contributed by atoms with van der Waals surface area (Å²) in [5, 5.41) is 12.0. The number of hydrogen-bond acceptors (Lipinski definition) is 2. The SMILES string of the molecule is Cc1cccc(C(=O)/C=C(\[O-])c2cccc(C)c2)c1. The molecule has 0 unspecified atom stereocenters. The van der Waals surface area contributed by atoms with Gasteiger partial charge in [-0.15, -0.1) is 0 Å². The van der Waals surface area contributed by atoms with Crippen LogP contribution in [0.15, 0.2) is 54.6 Å². The van der Waals surface area contributed by atoms with Gasteiger partial charge in [0, 0.05) is 5.56 Å². The molecular weight excluding hydrogens is 236 g/mol. The third-order valence-corrected chi connectivity index (χ3v) is 2.87. The molecule has 0 aliphatic carbocycles. The summed E-state index contributed by atoms with van der Waals surface area (Å²) in [5.41, 5.74) is 3.09. The van der Waals surface area contributed by atoms with Crippen LogP contribution in [0.25, 0.3) is 5.76 Å². The number of ketones is 1. The fourth-order valence-electron chi connectivity index (χ4n) is 1.88. The lowest BCUT2D eigenvalue weighted by molar-refractivity contribution is -0.243. The summed E-state index contributed by atoms with van der Waals surface area (Å²) in [6, 6.07) is 14.5. The number of benzene rings is 2. The molecule has 0 heterocycles. The summed E-state index contributed by atoms with van der Waals surface area (Å²) in [5.74, 6) is -0.509. The van der Waals surface area contributed by atoms with Crippen molar-refractivity contribution in [3.63, 3.8) is 0 Å². The average Bonchev–Trinajstić information content (AvgIpc) is 2.38. The predicted molar refractivity (Wildman–Crippen MR) is 74.7 cm³/mol. The normalized spacial score (nSPS) is 11.4. The van der Waals surface area contributed by atoms with Crippen LogP contribution in [0.5, 0.6) is 0 Å². The summed E-state index contributed by atoms with van der Waals surface area (Å²) in [4.78, 5) is 12.0. The molecule has 2 aromatic carbocycles. The van der Waals surface area contributed by atoms with Gasteiger partial charge in [-0.3, -0.25) is 4.79 Å². The Hall–Kier alpha value is -2.35. The standard InChI is InChI=1S/C17H16O2/c1-12-5-3-7-14(9-12)16(18)11-17(19)15-8-4-6-13(2)10-15/h3-11,18H,1-2H3/p-1/b16-11-. The number of allylic oxidation sites excluding steroid dienone is 1. The molecule has 0 saturated heterocycles. The van der Waals surface area contributed by atoms with Crippen LogP contribution in [0.3, 0.4) is 0 Å². The number of carbonyl (C=O) groups is 1. The first-order chi connectivity index (χ1) is 9.06. The van der Waals surface area contributed by atoms with Gasteiger partial charge in [0.1, 0.15) is 0 Å². The van der Waals surface area contributed by atoms with E-state index in [1.807, 2.05) is 38.1 Å². The molecule has 0 N–H and O–H groups in total. The molecule has 0 aliphatic heterocycles. The average molecular weight is 251 g/mol. The third kappa shape index (κ3) is 3.32. The predicted octanol–water partition coefficient (Wildman–Crippen LogP) is 2.89. The smallest absolute Gasteiger partial charge is 0.185 e. The third-order valence-electron chi connectivity index (χ3n) is 2.87. The largest absolute Gasteiger partial charge is 0.872 e. The van der Waals surface area contributed by atoms with Crippen LogP contribution in [0.1, 0.15) is 27.0 Å². The first-order valence-corrected chi connectivity index (χ1v) is 6.13. The highest BCUT2D eigenvalue weighted by molar-refractivity contribution is 6.07. The molecule has 0 atom stereocenters. The van der Waals surface area contributed by atoms with Gasteiger partial charge in [0.25, 0.3) is 0 Å². The first-order valence-electron chi connectivity index (χ1n) is 6.13. The highest BCUT2D eigenvalue weighted by atomic mass is 16.3. The molecule has 2 rings (SSSR count). The summed E-state index contributed by atoms with van der Waals surface area (Å²) in [7, 11) is 0. The van der Waals surface area contributed by atoms with Crippen molar-refractivity contribution >= 4 is 11.5 Å². The van der Waals surface area contributed by atoms with E-state index < -0.39 is 0 Å². The van der Waals surface area contributed by atoms with Crippen LogP contribution >= 0.6 is 0 Å². The lowest BCUT2D eigenvalue weighted by Gasteiger charge is -2.12. The van der Waals surface area contributed by atoms with E-state index in [2.05, 4.69) is 0 Å². The lowest BCUT2D eigenvalue weighted by Crippen LogP contribution is -2.06. The van der Waals surface area contributed by atoms with Gasteiger partial charge in [0.15, 0.2) is 5.78 Å². The van der Waals surface area contributed by atoms with E-state index in [4.69, 9.17) is 0 Å². The summed E-state index contributed by atoms with van der Waals surface area (Å²) in [6.07, 6.45) is 1.16. The molecule has 2 aromatic rings. The van der Waals surface area contributed by atoms with Gasteiger partial charge in [-0.05, 0) is 31.6 Å². The molecule has 2 nitrogen and oxygen atoms in total. The zero-order chi connectivity index (χ0) is 13.8. The molecule has 96 valence electrons. The number of hydrogen-bond donors (Lipinski definition) is 0. The minimum atomic E-state index is -0.254. The van der Waals surface area contributed by atoms with Crippen molar-refractivity contribution in [1.82, 2.24) is 0 Å². The van der Waals surface area contributed by atoms with Crippen molar-refractivity contribution in [3.05, 3.63) is 76.9 Å². The van der Waals surface area contributed by atoms with Crippen LogP contribution in [0.2, 0.25) is 0 Å². The Morgan fingerprint density at radius 1 is 0.947 bits per heavy atom. The zero-order valence-electron chi connectivity index (χ0n) is 11.0. The molecule has 0 fully saturated rings. The van der Waals surface area contributed by atoms with Crippen LogP contribution in [0.4, 0.5) is 0 Å². The van der Waals surface area contributed by atoms with Crippen LogP contribution in [-0.2, 0) is 0 Å². The van der Waals surface area contributed by atoms with Gasteiger partial charge in [-0.25, -0.2) is 0 Å². The fraction of sp³-hybridized carbons (Fsp3) is 0.118. The molecule has 0 saturated carbocycles.